The van der Waals surface area contributed by atoms with E-state index >= 15 is 5.11 Å². The molecule has 11 heteroatoms. The first-order chi connectivity index (χ1) is 34.7. The van der Waals surface area contributed by atoms with Gasteiger partial charge in [0.2, 0.25) is 0 Å². The Morgan fingerprint density at radius 3 is 2.33 bits per heavy atom. The Morgan fingerprint density at radius 1 is 0.681 bits per heavy atom. The SMILES string of the molecule is O=C(O)C1C2=CC=CC34CC5=C6C7C8C(=C5)C=CC5(C(=O)O)C=C9C=C%10CC%11(C(=O)O)C=CC=C%12C=C%13C=C%14C%15=C%16C(=CC%14O)C(O)C%14=CC1C(=C1C%14=C%16C%14=C%16C(C9=C(C85)C%14C17O)C%10C(=C%12%11)C%13C%15%16O)C6C23O4. The number of aliphatic hydroxyl groups excluding tert-OH is 2. The third-order valence-electron chi connectivity index (χ3n) is 23.0. The monoisotopic (exact) mass is 946 g/mol. The molecule has 7 N–H and O–H groups in total. The summed E-state index contributed by atoms with van der Waals surface area (Å²) in [5, 5.41) is 91.4. The molecule has 0 amide bonds. The Morgan fingerprint density at radius 2 is 1.51 bits per heavy atom. The zero-order chi connectivity index (χ0) is 47.7. The number of rotatable bonds is 3. The van der Waals surface area contributed by atoms with E-state index in [4.69, 9.17) is 4.74 Å². The van der Waals surface area contributed by atoms with Crippen LogP contribution >= 0.6 is 0 Å². The average Bonchev–Trinajstić information content (AvgIpc) is 4.05. The second-order valence-electron chi connectivity index (χ2n) is 24.7. The molecule has 0 aromatic rings. The molecule has 0 aromatic carbocycles. The van der Waals surface area contributed by atoms with Crippen LogP contribution < -0.4 is 0 Å². The summed E-state index contributed by atoms with van der Waals surface area (Å²) in [4.78, 5) is 43.0. The van der Waals surface area contributed by atoms with Gasteiger partial charge >= 0.3 is 17.9 Å². The number of hydrogen-bond acceptors (Lipinski definition) is 8. The van der Waals surface area contributed by atoms with Gasteiger partial charge in [0.25, 0.3) is 0 Å². The van der Waals surface area contributed by atoms with Crippen molar-refractivity contribution in [2.75, 3.05) is 0 Å². The zero-order valence-electron chi connectivity index (χ0n) is 37.8. The summed E-state index contributed by atoms with van der Waals surface area (Å²) in [7, 11) is 0. The number of ether oxygens (including phenoxy) is 1. The molecule has 72 heavy (non-hydrogen) atoms. The molecule has 1 saturated heterocycles. The molecule has 1 aliphatic heterocycles. The van der Waals surface area contributed by atoms with Crippen molar-refractivity contribution in [3.8, 4) is 0 Å². The van der Waals surface area contributed by atoms with Crippen molar-refractivity contribution in [2.24, 2.45) is 70.0 Å². The van der Waals surface area contributed by atoms with Crippen LogP contribution in [0.3, 0.4) is 0 Å². The maximum atomic E-state index is 15.4. The Bertz CT molecular complexity index is 4030. The van der Waals surface area contributed by atoms with Crippen LogP contribution in [0.1, 0.15) is 12.8 Å². The van der Waals surface area contributed by atoms with Crippen LogP contribution in [-0.4, -0.2) is 88.3 Å². The number of carboxylic acids is 3. The number of aliphatic carboxylic acids is 3. The summed E-state index contributed by atoms with van der Waals surface area (Å²) >= 11 is 0. The summed E-state index contributed by atoms with van der Waals surface area (Å²) in [6.07, 6.45) is 27.0. The third-order valence-corrected chi connectivity index (χ3v) is 23.0. The largest absolute Gasteiger partial charge is 0.481 e. The van der Waals surface area contributed by atoms with Gasteiger partial charge < -0.3 is 40.5 Å². The highest BCUT2D eigenvalue weighted by Crippen LogP contribution is 2.86. The summed E-state index contributed by atoms with van der Waals surface area (Å²) in [6.45, 7) is 0. The molecular weight excluding hydrogens is 909 g/mol. The van der Waals surface area contributed by atoms with Crippen LogP contribution in [0.2, 0.25) is 0 Å². The van der Waals surface area contributed by atoms with Gasteiger partial charge in [-0.25, -0.2) is 0 Å². The van der Waals surface area contributed by atoms with Gasteiger partial charge in [0.15, 0.2) is 0 Å². The van der Waals surface area contributed by atoms with E-state index in [1.165, 1.54) is 0 Å². The van der Waals surface area contributed by atoms with Gasteiger partial charge in [-0.15, -0.1) is 0 Å². The van der Waals surface area contributed by atoms with E-state index in [0.717, 1.165) is 66.9 Å². The van der Waals surface area contributed by atoms with Gasteiger partial charge in [0, 0.05) is 65.3 Å². The van der Waals surface area contributed by atoms with Gasteiger partial charge in [-0.3, -0.25) is 14.4 Å². The van der Waals surface area contributed by atoms with Crippen LogP contribution in [0.25, 0.3) is 0 Å². The maximum Gasteiger partial charge on any atom is 0.318 e. The highest BCUT2D eigenvalue weighted by atomic mass is 16.6. The quantitative estimate of drug-likeness (QED) is 0.183. The van der Waals surface area contributed by atoms with Gasteiger partial charge in [-0.05, 0) is 136 Å². The average molecular weight is 947 g/mol. The highest BCUT2D eigenvalue weighted by Gasteiger charge is 2.86. The molecule has 18 unspecified atom stereocenters. The lowest BCUT2D eigenvalue weighted by atomic mass is 9.30. The third kappa shape index (κ3) is 2.93. The highest BCUT2D eigenvalue weighted by molar-refractivity contribution is 5.97. The predicted molar refractivity (Wildman–Crippen MR) is 250 cm³/mol. The lowest BCUT2D eigenvalue weighted by Gasteiger charge is -2.73. The fourth-order valence-electron chi connectivity index (χ4n) is 21.6. The van der Waals surface area contributed by atoms with E-state index in [1.807, 2.05) is 54.7 Å². The van der Waals surface area contributed by atoms with Crippen LogP contribution in [-0.2, 0) is 19.1 Å². The second kappa shape index (κ2) is 9.89. The van der Waals surface area contributed by atoms with Gasteiger partial charge in [0.1, 0.15) is 39.3 Å². The standard InChI is InChI=1S/C61H38O11/c62-29-14-27-35-38-36-26(52(27)63)13-25-34(53(64)65)28-4-2-7-58-17-23-9-18-5-8-57(55(68)69)16-22-11-21-15-56(54(66)67)6-1-3-19-10-20-12-24(29)45(35)59(70)44(20)40(43(19)56)30(21)39-31(22)41-46(57)32(18)47-33(23)51(61(28,58)72-58)37(25)48(36)60(47,71)50(41)42(38)49(39)59/h1-14,16,25,29-30,32,34,39,44,46-47,50-52,62-63,70-71H,15,17H2,(H,64,65)(H,66,67)(H,68,69). The molecule has 20 aliphatic carbocycles. The second-order valence-corrected chi connectivity index (χ2v) is 24.7. The van der Waals surface area contributed by atoms with Crippen molar-refractivity contribution >= 4 is 17.9 Å². The van der Waals surface area contributed by atoms with Crippen molar-refractivity contribution in [1.29, 1.82) is 0 Å². The first kappa shape index (κ1) is 37.1. The molecular formula is C61H38O11. The summed E-state index contributed by atoms with van der Waals surface area (Å²) in [6, 6.07) is 0. The first-order valence-corrected chi connectivity index (χ1v) is 25.6. The molecule has 21 rings (SSSR count). The smallest absolute Gasteiger partial charge is 0.318 e. The predicted octanol–water partition coefficient (Wildman–Crippen LogP) is 5.20. The van der Waals surface area contributed by atoms with Crippen molar-refractivity contribution in [2.45, 2.75) is 47.5 Å². The topological polar surface area (TPSA) is 205 Å². The fraction of sp³-hybridized carbons (Fsp3) is 0.328. The van der Waals surface area contributed by atoms with E-state index < -0.39 is 123 Å². The van der Waals surface area contributed by atoms with Gasteiger partial charge in [-0.1, -0.05) is 84.6 Å². The minimum atomic E-state index is -1.91. The molecule has 3 saturated carbocycles. The fourth-order valence-corrected chi connectivity index (χ4v) is 21.6. The number of hydrogen-bond donors (Lipinski definition) is 7. The molecule has 0 bridgehead atoms. The summed E-state index contributed by atoms with van der Waals surface area (Å²) in [5.74, 6) is -10.1. The molecule has 0 radical (unpaired) electrons. The Labute approximate surface area is 408 Å². The van der Waals surface area contributed by atoms with E-state index in [0.29, 0.717) is 67.7 Å². The number of epoxide rings is 1. The number of carbonyl (C=O) groups is 3. The Balaban J connectivity index is 1.02. The van der Waals surface area contributed by atoms with Crippen molar-refractivity contribution in [3.63, 3.8) is 0 Å². The molecule has 21 aliphatic rings. The minimum absolute atomic E-state index is 0.142. The lowest BCUT2D eigenvalue weighted by molar-refractivity contribution is -0.150. The van der Waals surface area contributed by atoms with Crippen molar-refractivity contribution in [3.05, 3.63) is 219 Å². The molecule has 1 heterocycles. The molecule has 11 nitrogen and oxygen atoms in total. The molecule has 0 aromatic heterocycles. The summed E-state index contributed by atoms with van der Waals surface area (Å²) < 4.78 is 7.20. The molecule has 18 atom stereocenters. The molecule has 4 fully saturated rings. The lowest BCUT2D eigenvalue weighted by Crippen LogP contribution is -2.72. The Hall–Kier alpha value is -6.73. The normalized spacial score (nSPS) is 50.9. The van der Waals surface area contributed by atoms with Gasteiger partial charge in [0.05, 0.1) is 12.0 Å². The molecule has 348 valence electrons. The van der Waals surface area contributed by atoms with Crippen LogP contribution in [0.15, 0.2) is 219 Å². The molecule has 1 spiro atoms. The number of aliphatic hydroxyl groups is 4. The maximum absolute atomic E-state index is 15.4. The van der Waals surface area contributed by atoms with Crippen LogP contribution in [0, 0.1) is 70.0 Å². The van der Waals surface area contributed by atoms with E-state index in [2.05, 4.69) is 18.2 Å². The van der Waals surface area contributed by atoms with Crippen LogP contribution in [0.4, 0.5) is 0 Å². The minimum Gasteiger partial charge on any atom is -0.481 e. The van der Waals surface area contributed by atoms with E-state index in [1.54, 1.807) is 18.2 Å². The van der Waals surface area contributed by atoms with Crippen molar-refractivity contribution in [1.82, 2.24) is 0 Å². The van der Waals surface area contributed by atoms with Crippen molar-refractivity contribution < 1.29 is 54.9 Å². The zero-order valence-corrected chi connectivity index (χ0v) is 37.8. The van der Waals surface area contributed by atoms with E-state index in [-0.39, 0.29) is 6.42 Å². The Kier molecular flexibility index (Phi) is 5.09. The first-order valence-electron chi connectivity index (χ1n) is 25.6. The number of carboxylic acid groups (broad SMARTS) is 3. The van der Waals surface area contributed by atoms with E-state index in [9.17, 15) is 45.0 Å². The van der Waals surface area contributed by atoms with Crippen LogP contribution in [0.5, 0.6) is 0 Å². The summed E-state index contributed by atoms with van der Waals surface area (Å²) in [5.41, 5.74) is 7.89. The number of allylic oxidation sites excluding steroid dienone is 16. The van der Waals surface area contributed by atoms with Gasteiger partial charge in [-0.2, -0.15) is 0 Å².